The number of hydrogen-bond acceptors (Lipinski definition) is 3. The van der Waals surface area contributed by atoms with Crippen LogP contribution in [0, 0.1) is 6.92 Å². The van der Waals surface area contributed by atoms with E-state index < -0.39 is 10.0 Å². The van der Waals surface area contributed by atoms with Gasteiger partial charge < -0.3 is 5.73 Å². The number of sulfonamides is 1. The molecule has 5 heteroatoms. The first kappa shape index (κ1) is 14.7. The molecule has 0 aliphatic carbocycles. The second kappa shape index (κ2) is 5.54. The van der Waals surface area contributed by atoms with Crippen LogP contribution in [-0.2, 0) is 10.0 Å². The standard InChI is InChI=1S/C13H20N2O2S/c1-5-15(9-10(2)3)18(16,17)12-7-6-11(4)13(14)8-12/h6-8H,2,5,9,14H2,1,3-4H3. The van der Waals surface area contributed by atoms with Gasteiger partial charge in [-0.15, -0.1) is 0 Å². The molecule has 0 amide bonds. The Kier molecular flexibility index (Phi) is 4.53. The Hall–Kier alpha value is -1.33. The molecule has 0 spiro atoms. The molecule has 0 saturated heterocycles. The molecule has 0 fully saturated rings. The molecule has 0 aliphatic heterocycles. The maximum atomic E-state index is 12.4. The van der Waals surface area contributed by atoms with E-state index in [1.165, 1.54) is 10.4 Å². The van der Waals surface area contributed by atoms with Gasteiger partial charge in [0.05, 0.1) is 4.90 Å². The summed E-state index contributed by atoms with van der Waals surface area (Å²) in [5, 5.41) is 0. The summed E-state index contributed by atoms with van der Waals surface area (Å²) >= 11 is 0. The number of benzene rings is 1. The predicted octanol–water partition coefficient (Wildman–Crippen LogP) is 2.16. The molecule has 1 aromatic carbocycles. The van der Waals surface area contributed by atoms with Gasteiger partial charge >= 0.3 is 0 Å². The van der Waals surface area contributed by atoms with E-state index in [4.69, 9.17) is 5.73 Å². The summed E-state index contributed by atoms with van der Waals surface area (Å²) in [6, 6.07) is 4.81. The van der Waals surface area contributed by atoms with Gasteiger partial charge in [-0.3, -0.25) is 0 Å². The van der Waals surface area contributed by atoms with Gasteiger partial charge in [-0.05, 0) is 31.5 Å². The Bertz CT molecular complexity index is 550. The van der Waals surface area contributed by atoms with Gasteiger partial charge in [0, 0.05) is 18.8 Å². The molecule has 18 heavy (non-hydrogen) atoms. The quantitative estimate of drug-likeness (QED) is 0.657. The molecule has 4 nitrogen and oxygen atoms in total. The average Bonchev–Trinajstić information content (AvgIpc) is 2.28. The summed E-state index contributed by atoms with van der Waals surface area (Å²) < 4.78 is 26.2. The minimum atomic E-state index is -3.49. The maximum absolute atomic E-state index is 12.4. The van der Waals surface area contributed by atoms with Crippen LogP contribution in [0.15, 0.2) is 35.2 Å². The number of hydrogen-bond donors (Lipinski definition) is 1. The average molecular weight is 268 g/mol. The van der Waals surface area contributed by atoms with Crippen LogP contribution < -0.4 is 5.73 Å². The van der Waals surface area contributed by atoms with E-state index in [2.05, 4.69) is 6.58 Å². The smallest absolute Gasteiger partial charge is 0.243 e. The highest BCUT2D eigenvalue weighted by Crippen LogP contribution is 2.21. The van der Waals surface area contributed by atoms with E-state index in [9.17, 15) is 8.42 Å². The van der Waals surface area contributed by atoms with Gasteiger partial charge in [-0.1, -0.05) is 25.1 Å². The van der Waals surface area contributed by atoms with Crippen molar-refractivity contribution >= 4 is 15.7 Å². The number of rotatable bonds is 5. The summed E-state index contributed by atoms with van der Waals surface area (Å²) in [5.74, 6) is 0. The predicted molar refractivity (Wildman–Crippen MR) is 74.8 cm³/mol. The summed E-state index contributed by atoms with van der Waals surface area (Å²) in [6.45, 7) is 9.94. The topological polar surface area (TPSA) is 63.4 Å². The van der Waals surface area contributed by atoms with Crippen molar-refractivity contribution in [2.45, 2.75) is 25.7 Å². The van der Waals surface area contributed by atoms with Crippen molar-refractivity contribution in [1.29, 1.82) is 0 Å². The van der Waals surface area contributed by atoms with Gasteiger partial charge in [-0.25, -0.2) is 8.42 Å². The fourth-order valence-electron chi connectivity index (χ4n) is 1.60. The molecule has 0 bridgehead atoms. The monoisotopic (exact) mass is 268 g/mol. The van der Waals surface area contributed by atoms with Gasteiger partial charge in [0.2, 0.25) is 10.0 Å². The molecule has 0 atom stereocenters. The van der Waals surface area contributed by atoms with Crippen molar-refractivity contribution < 1.29 is 8.42 Å². The molecule has 0 unspecified atom stereocenters. The zero-order valence-electron chi connectivity index (χ0n) is 11.1. The number of likely N-dealkylation sites (N-methyl/N-ethyl adjacent to an activating group) is 1. The molecule has 0 aromatic heterocycles. The van der Waals surface area contributed by atoms with Crippen LogP contribution in [0.4, 0.5) is 5.69 Å². The van der Waals surface area contributed by atoms with E-state index in [-0.39, 0.29) is 4.90 Å². The van der Waals surface area contributed by atoms with Crippen molar-refractivity contribution in [3.8, 4) is 0 Å². The Balaban J connectivity index is 3.18. The van der Waals surface area contributed by atoms with Gasteiger partial charge in [0.25, 0.3) is 0 Å². The second-order valence-electron chi connectivity index (χ2n) is 4.41. The van der Waals surface area contributed by atoms with Crippen molar-refractivity contribution in [2.24, 2.45) is 0 Å². The third-order valence-electron chi connectivity index (χ3n) is 2.69. The molecule has 1 rings (SSSR count). The van der Waals surface area contributed by atoms with E-state index in [0.717, 1.165) is 11.1 Å². The summed E-state index contributed by atoms with van der Waals surface area (Å²) in [7, 11) is -3.49. The first-order valence-electron chi connectivity index (χ1n) is 5.79. The first-order valence-corrected chi connectivity index (χ1v) is 7.23. The number of aryl methyl sites for hydroxylation is 1. The third-order valence-corrected chi connectivity index (χ3v) is 4.60. The third kappa shape index (κ3) is 3.11. The van der Waals surface area contributed by atoms with E-state index in [1.54, 1.807) is 19.1 Å². The van der Waals surface area contributed by atoms with Crippen LogP contribution in [0.2, 0.25) is 0 Å². The first-order chi connectivity index (χ1) is 8.28. The van der Waals surface area contributed by atoms with Crippen LogP contribution in [0.1, 0.15) is 19.4 Å². The Labute approximate surface area is 109 Å². The fourth-order valence-corrected chi connectivity index (χ4v) is 3.14. The molecule has 0 saturated carbocycles. The normalized spacial score (nSPS) is 11.8. The highest BCUT2D eigenvalue weighted by Gasteiger charge is 2.23. The molecule has 2 N–H and O–H groups in total. The lowest BCUT2D eigenvalue weighted by Gasteiger charge is -2.21. The summed E-state index contributed by atoms with van der Waals surface area (Å²) in [6.07, 6.45) is 0. The lowest BCUT2D eigenvalue weighted by atomic mass is 10.2. The Morgan fingerprint density at radius 3 is 2.50 bits per heavy atom. The number of nitrogens with zero attached hydrogens (tertiary/aromatic N) is 1. The zero-order chi connectivity index (χ0) is 13.9. The van der Waals surface area contributed by atoms with Gasteiger partial charge in [0.15, 0.2) is 0 Å². The molecule has 0 radical (unpaired) electrons. The highest BCUT2D eigenvalue weighted by atomic mass is 32.2. The van der Waals surface area contributed by atoms with Crippen molar-refractivity contribution in [1.82, 2.24) is 4.31 Å². The van der Waals surface area contributed by atoms with Crippen molar-refractivity contribution in [2.75, 3.05) is 18.8 Å². The second-order valence-corrected chi connectivity index (χ2v) is 6.34. The zero-order valence-corrected chi connectivity index (χ0v) is 11.9. The van der Waals surface area contributed by atoms with E-state index >= 15 is 0 Å². The largest absolute Gasteiger partial charge is 0.398 e. The Morgan fingerprint density at radius 2 is 2.06 bits per heavy atom. The van der Waals surface area contributed by atoms with Crippen LogP contribution in [-0.4, -0.2) is 25.8 Å². The summed E-state index contributed by atoms with van der Waals surface area (Å²) in [5.41, 5.74) is 7.93. The number of nitrogen functional groups attached to an aromatic ring is 1. The minimum Gasteiger partial charge on any atom is -0.398 e. The molecule has 1 aromatic rings. The fraction of sp³-hybridized carbons (Fsp3) is 0.385. The Morgan fingerprint density at radius 1 is 1.44 bits per heavy atom. The van der Waals surface area contributed by atoms with Crippen LogP contribution >= 0.6 is 0 Å². The lowest BCUT2D eigenvalue weighted by molar-refractivity contribution is 0.453. The molecule has 0 heterocycles. The lowest BCUT2D eigenvalue weighted by Crippen LogP contribution is -2.32. The van der Waals surface area contributed by atoms with Crippen LogP contribution in [0.25, 0.3) is 0 Å². The van der Waals surface area contributed by atoms with Gasteiger partial charge in [0.1, 0.15) is 0 Å². The van der Waals surface area contributed by atoms with Crippen LogP contribution in [0.3, 0.4) is 0 Å². The molecule has 100 valence electrons. The van der Waals surface area contributed by atoms with Crippen molar-refractivity contribution in [3.05, 3.63) is 35.9 Å². The van der Waals surface area contributed by atoms with E-state index in [0.29, 0.717) is 18.8 Å². The number of anilines is 1. The summed E-state index contributed by atoms with van der Waals surface area (Å²) in [4.78, 5) is 0.230. The SMILES string of the molecule is C=C(C)CN(CC)S(=O)(=O)c1ccc(C)c(N)c1. The molecular formula is C13H20N2O2S. The molecular weight excluding hydrogens is 248 g/mol. The molecule has 0 aliphatic rings. The van der Waals surface area contributed by atoms with Gasteiger partial charge in [-0.2, -0.15) is 4.31 Å². The number of nitrogens with two attached hydrogens (primary N) is 1. The van der Waals surface area contributed by atoms with E-state index in [1.807, 2.05) is 13.8 Å². The minimum absolute atomic E-state index is 0.230. The van der Waals surface area contributed by atoms with Crippen molar-refractivity contribution in [3.63, 3.8) is 0 Å². The van der Waals surface area contributed by atoms with Crippen LogP contribution in [0.5, 0.6) is 0 Å². The maximum Gasteiger partial charge on any atom is 0.243 e. The highest BCUT2D eigenvalue weighted by molar-refractivity contribution is 7.89.